The Morgan fingerprint density at radius 2 is 2.20 bits per heavy atom. The molecule has 0 spiro atoms. The van der Waals surface area contributed by atoms with Gasteiger partial charge in [-0.25, -0.2) is 0 Å². The van der Waals surface area contributed by atoms with E-state index in [0.717, 1.165) is 45.0 Å². The van der Waals surface area contributed by atoms with E-state index >= 15 is 0 Å². The van der Waals surface area contributed by atoms with E-state index in [9.17, 15) is 5.11 Å². The van der Waals surface area contributed by atoms with Crippen LogP contribution in [0.2, 0.25) is 0 Å². The van der Waals surface area contributed by atoms with Crippen LogP contribution >= 0.6 is 0 Å². The fourth-order valence-corrected chi connectivity index (χ4v) is 3.01. The van der Waals surface area contributed by atoms with E-state index in [1.807, 2.05) is 0 Å². The minimum Gasteiger partial charge on any atom is -0.390 e. The summed E-state index contributed by atoms with van der Waals surface area (Å²) in [5.41, 5.74) is 3.68. The number of aromatic nitrogens is 1. The zero-order valence-corrected chi connectivity index (χ0v) is 12.4. The van der Waals surface area contributed by atoms with Gasteiger partial charge in [0.25, 0.3) is 0 Å². The van der Waals surface area contributed by atoms with Crippen LogP contribution in [0.25, 0.3) is 0 Å². The molecule has 2 aliphatic heterocycles. The number of β-amino-alcohol motifs (C(OH)–C–C–N with tert-alkyl or cyclic N) is 1. The van der Waals surface area contributed by atoms with Crippen molar-refractivity contribution in [2.24, 2.45) is 0 Å². The van der Waals surface area contributed by atoms with E-state index in [1.54, 1.807) is 0 Å². The Balaban J connectivity index is 1.83. The quantitative estimate of drug-likeness (QED) is 0.912. The van der Waals surface area contributed by atoms with Crippen LogP contribution in [-0.4, -0.2) is 47.4 Å². The molecular formula is C16H24N2O2. The highest BCUT2D eigenvalue weighted by molar-refractivity contribution is 5.29. The van der Waals surface area contributed by atoms with Crippen molar-refractivity contribution in [1.82, 2.24) is 9.88 Å². The van der Waals surface area contributed by atoms with Gasteiger partial charge in [-0.3, -0.25) is 9.88 Å². The molecule has 0 radical (unpaired) electrons. The van der Waals surface area contributed by atoms with Crippen molar-refractivity contribution in [2.45, 2.75) is 44.8 Å². The largest absolute Gasteiger partial charge is 0.390 e. The molecule has 3 heterocycles. The van der Waals surface area contributed by atoms with Gasteiger partial charge in [0.05, 0.1) is 18.4 Å². The highest BCUT2D eigenvalue weighted by Gasteiger charge is 2.28. The van der Waals surface area contributed by atoms with Gasteiger partial charge >= 0.3 is 0 Å². The molecule has 1 atom stereocenters. The molecule has 0 unspecified atom stereocenters. The Kier molecular flexibility index (Phi) is 4.06. The van der Waals surface area contributed by atoms with Gasteiger partial charge in [0.1, 0.15) is 0 Å². The van der Waals surface area contributed by atoms with Gasteiger partial charge in [0.15, 0.2) is 0 Å². The first-order chi connectivity index (χ1) is 9.63. The fraction of sp³-hybridized carbons (Fsp3) is 0.688. The maximum Gasteiger partial charge on any atom is 0.0794 e. The van der Waals surface area contributed by atoms with E-state index < -0.39 is 0 Å². The topological polar surface area (TPSA) is 45.6 Å². The summed E-state index contributed by atoms with van der Waals surface area (Å²) in [6.45, 7) is 8.43. The number of nitrogens with zero attached hydrogens (tertiary/aromatic N) is 2. The van der Waals surface area contributed by atoms with Crippen LogP contribution in [0.15, 0.2) is 12.1 Å². The first kappa shape index (κ1) is 14.0. The Morgan fingerprint density at radius 1 is 1.40 bits per heavy atom. The molecule has 1 aromatic rings. The summed E-state index contributed by atoms with van der Waals surface area (Å²) in [5, 5.41) is 9.44. The number of aliphatic hydroxyl groups is 1. The second-order valence-electron chi connectivity index (χ2n) is 6.34. The highest BCUT2D eigenvalue weighted by atomic mass is 16.5. The van der Waals surface area contributed by atoms with Gasteiger partial charge < -0.3 is 9.84 Å². The Bertz CT molecular complexity index is 464. The molecule has 2 aliphatic rings. The third kappa shape index (κ3) is 2.87. The molecular weight excluding hydrogens is 252 g/mol. The Hall–Kier alpha value is -0.970. The minimum atomic E-state index is -0.151. The van der Waals surface area contributed by atoms with Crippen molar-refractivity contribution < 1.29 is 9.84 Å². The van der Waals surface area contributed by atoms with Crippen molar-refractivity contribution in [3.63, 3.8) is 0 Å². The Labute approximate surface area is 120 Å². The van der Waals surface area contributed by atoms with Crippen molar-refractivity contribution in [3.05, 3.63) is 29.1 Å². The molecule has 0 amide bonds. The lowest BCUT2D eigenvalue weighted by Crippen LogP contribution is -2.50. The van der Waals surface area contributed by atoms with Crippen LogP contribution in [0, 0.1) is 0 Å². The van der Waals surface area contributed by atoms with Gasteiger partial charge in [-0.05, 0) is 24.0 Å². The molecule has 0 aromatic carbocycles. The van der Waals surface area contributed by atoms with Gasteiger partial charge in [-0.2, -0.15) is 0 Å². The number of hydrogen-bond donors (Lipinski definition) is 1. The summed E-state index contributed by atoms with van der Waals surface area (Å²) in [5.74, 6) is 0.939. The molecule has 110 valence electrons. The summed E-state index contributed by atoms with van der Waals surface area (Å²) in [7, 11) is 0. The van der Waals surface area contributed by atoms with Crippen LogP contribution in [0.3, 0.4) is 0 Å². The average Bonchev–Trinajstić information content (AvgIpc) is 2.90. The first-order valence-corrected chi connectivity index (χ1v) is 7.61. The van der Waals surface area contributed by atoms with Crippen molar-refractivity contribution in [3.8, 4) is 0 Å². The normalized spacial score (nSPS) is 24.3. The van der Waals surface area contributed by atoms with E-state index in [0.29, 0.717) is 11.8 Å². The standard InChI is InChI=1S/C16H24N2O2/c1-11(2)15-4-3-14(12-5-6-20-10-12)16(17-15)9-18-7-13(19)8-18/h3-4,11-13,19H,5-10H2,1-2H3/t12-/m0/s1. The predicted octanol–water partition coefficient (Wildman–Crippen LogP) is 1.89. The lowest BCUT2D eigenvalue weighted by molar-refractivity contribution is -0.00379. The van der Waals surface area contributed by atoms with E-state index in [-0.39, 0.29) is 6.10 Å². The summed E-state index contributed by atoms with van der Waals surface area (Å²) >= 11 is 0. The number of ether oxygens (including phenoxy) is 1. The second kappa shape index (κ2) is 5.80. The van der Waals surface area contributed by atoms with Crippen molar-refractivity contribution in [2.75, 3.05) is 26.3 Å². The third-order valence-electron chi connectivity index (χ3n) is 4.30. The summed E-state index contributed by atoms with van der Waals surface area (Å²) in [6.07, 6.45) is 0.944. The molecule has 4 nitrogen and oxygen atoms in total. The van der Waals surface area contributed by atoms with Gasteiger partial charge in [-0.1, -0.05) is 19.9 Å². The van der Waals surface area contributed by atoms with Crippen LogP contribution in [-0.2, 0) is 11.3 Å². The van der Waals surface area contributed by atoms with E-state index in [4.69, 9.17) is 9.72 Å². The van der Waals surface area contributed by atoms with Gasteiger partial charge in [-0.15, -0.1) is 0 Å². The first-order valence-electron chi connectivity index (χ1n) is 7.61. The number of likely N-dealkylation sites (tertiary alicyclic amines) is 1. The third-order valence-corrected chi connectivity index (χ3v) is 4.30. The van der Waals surface area contributed by atoms with E-state index in [2.05, 4.69) is 30.9 Å². The zero-order valence-electron chi connectivity index (χ0n) is 12.4. The van der Waals surface area contributed by atoms with E-state index in [1.165, 1.54) is 11.3 Å². The summed E-state index contributed by atoms with van der Waals surface area (Å²) in [6, 6.07) is 4.40. The number of rotatable bonds is 4. The molecule has 3 rings (SSSR count). The smallest absolute Gasteiger partial charge is 0.0794 e. The molecule has 0 aliphatic carbocycles. The van der Waals surface area contributed by atoms with Crippen LogP contribution in [0.5, 0.6) is 0 Å². The average molecular weight is 276 g/mol. The predicted molar refractivity (Wildman–Crippen MR) is 77.8 cm³/mol. The van der Waals surface area contributed by atoms with Crippen molar-refractivity contribution >= 4 is 0 Å². The fourth-order valence-electron chi connectivity index (χ4n) is 3.01. The molecule has 4 heteroatoms. The molecule has 0 saturated carbocycles. The Morgan fingerprint density at radius 3 is 2.80 bits per heavy atom. The van der Waals surface area contributed by atoms with Gasteiger partial charge in [0.2, 0.25) is 0 Å². The molecule has 1 N–H and O–H groups in total. The highest BCUT2D eigenvalue weighted by Crippen LogP contribution is 2.29. The lowest BCUT2D eigenvalue weighted by atomic mass is 9.94. The lowest BCUT2D eigenvalue weighted by Gasteiger charge is -2.36. The molecule has 0 bridgehead atoms. The number of aliphatic hydroxyl groups excluding tert-OH is 1. The SMILES string of the molecule is CC(C)c1ccc([C@H]2CCOC2)c(CN2CC(O)C2)n1. The molecule has 2 saturated heterocycles. The van der Waals surface area contributed by atoms with Crippen LogP contribution in [0.4, 0.5) is 0 Å². The maximum atomic E-state index is 9.44. The maximum absolute atomic E-state index is 9.44. The van der Waals surface area contributed by atoms with Crippen molar-refractivity contribution in [1.29, 1.82) is 0 Å². The van der Waals surface area contributed by atoms with Crippen LogP contribution in [0.1, 0.15) is 49.1 Å². The monoisotopic (exact) mass is 276 g/mol. The zero-order chi connectivity index (χ0) is 14.1. The molecule has 1 aromatic heterocycles. The minimum absolute atomic E-state index is 0.151. The second-order valence-corrected chi connectivity index (χ2v) is 6.34. The number of hydrogen-bond acceptors (Lipinski definition) is 4. The van der Waals surface area contributed by atoms with Crippen LogP contribution < -0.4 is 0 Å². The van der Waals surface area contributed by atoms with Gasteiger partial charge in [0, 0.05) is 37.9 Å². The number of pyridine rings is 1. The molecule has 2 fully saturated rings. The summed E-state index contributed by atoms with van der Waals surface area (Å²) in [4.78, 5) is 7.15. The summed E-state index contributed by atoms with van der Waals surface area (Å²) < 4.78 is 5.53. The molecule has 20 heavy (non-hydrogen) atoms.